The minimum Gasteiger partial charge on any atom is -0.394 e. The van der Waals surface area contributed by atoms with Crippen molar-refractivity contribution in [1.29, 1.82) is 0 Å². The summed E-state index contributed by atoms with van der Waals surface area (Å²) in [6.07, 6.45) is -8.12. The van der Waals surface area contributed by atoms with Crippen LogP contribution in [0.1, 0.15) is 0 Å². The molecule has 0 heterocycles. The van der Waals surface area contributed by atoms with Gasteiger partial charge in [-0.3, -0.25) is 5.32 Å². The lowest BCUT2D eigenvalue weighted by Crippen LogP contribution is -2.53. The highest BCUT2D eigenvalue weighted by Crippen LogP contribution is 2.06. The maximum Gasteiger partial charge on any atom is 0.133 e. The molecule has 8 heteroatoms. The first-order valence-corrected chi connectivity index (χ1v) is 4.14. The summed E-state index contributed by atoms with van der Waals surface area (Å²) in [6.45, 7) is -0.749. The Morgan fingerprint density at radius 1 is 0.933 bits per heavy atom. The molecule has 0 amide bonds. The molecule has 0 aliphatic rings. The molecule has 15 heavy (non-hydrogen) atoms. The van der Waals surface area contributed by atoms with E-state index in [4.69, 9.17) is 20.4 Å². The van der Waals surface area contributed by atoms with Crippen LogP contribution in [0.3, 0.4) is 0 Å². The van der Waals surface area contributed by atoms with Gasteiger partial charge in [-0.2, -0.15) is 0 Å². The minimum absolute atomic E-state index is 0. The zero-order valence-electron chi connectivity index (χ0n) is 8.19. The SMILES string of the molecule is Br.CNC(O)[C@H](O)[C@@H](O)[C@H](O)[C@H](O)CO. The first kappa shape index (κ1) is 17.6. The van der Waals surface area contributed by atoms with E-state index in [9.17, 15) is 10.2 Å². The Bertz CT molecular complexity index is 146. The Labute approximate surface area is 97.8 Å². The first-order chi connectivity index (χ1) is 6.45. The van der Waals surface area contributed by atoms with Gasteiger partial charge in [-0.05, 0) is 7.05 Å². The van der Waals surface area contributed by atoms with Gasteiger partial charge in [0.1, 0.15) is 30.6 Å². The highest BCUT2D eigenvalue weighted by molar-refractivity contribution is 8.93. The molecule has 0 fully saturated rings. The third kappa shape index (κ3) is 5.18. The quantitative estimate of drug-likeness (QED) is 0.253. The summed E-state index contributed by atoms with van der Waals surface area (Å²) in [7, 11) is 1.34. The van der Waals surface area contributed by atoms with Gasteiger partial charge in [0.25, 0.3) is 0 Å². The van der Waals surface area contributed by atoms with Gasteiger partial charge in [-0.15, -0.1) is 17.0 Å². The van der Waals surface area contributed by atoms with Crippen LogP contribution in [0.25, 0.3) is 0 Å². The maximum atomic E-state index is 9.22. The van der Waals surface area contributed by atoms with Crippen molar-refractivity contribution in [2.24, 2.45) is 0 Å². The van der Waals surface area contributed by atoms with Crippen LogP contribution in [-0.2, 0) is 0 Å². The Morgan fingerprint density at radius 3 is 1.73 bits per heavy atom. The summed E-state index contributed by atoms with van der Waals surface area (Å²) in [6, 6.07) is 0. The van der Waals surface area contributed by atoms with E-state index in [1.165, 1.54) is 7.05 Å². The standard InChI is InChI=1S/C7H17NO6.BrH/c1-8-7(14)6(13)5(12)4(11)3(10)2-9;/h3-14H,2H2,1H3;1H/t3-,4-,5+,6-,7?;/m1./s1. The van der Waals surface area contributed by atoms with E-state index in [0.29, 0.717) is 0 Å². The molecule has 94 valence electrons. The molecular formula is C7H18BrNO6. The minimum atomic E-state index is -1.75. The van der Waals surface area contributed by atoms with Crippen molar-refractivity contribution in [1.82, 2.24) is 5.32 Å². The number of hydrogen-bond donors (Lipinski definition) is 7. The lowest BCUT2D eigenvalue weighted by molar-refractivity contribution is -0.144. The van der Waals surface area contributed by atoms with E-state index in [1.54, 1.807) is 0 Å². The molecule has 0 spiro atoms. The van der Waals surface area contributed by atoms with Gasteiger partial charge in [0, 0.05) is 0 Å². The van der Waals surface area contributed by atoms with Crippen molar-refractivity contribution < 1.29 is 30.6 Å². The highest BCUT2D eigenvalue weighted by atomic mass is 79.9. The van der Waals surface area contributed by atoms with Gasteiger partial charge < -0.3 is 30.6 Å². The third-order valence-corrected chi connectivity index (χ3v) is 1.90. The molecule has 0 aromatic heterocycles. The Balaban J connectivity index is 0. The van der Waals surface area contributed by atoms with Gasteiger partial charge in [-0.25, -0.2) is 0 Å². The van der Waals surface area contributed by atoms with Gasteiger partial charge in [0.05, 0.1) is 6.61 Å². The zero-order chi connectivity index (χ0) is 11.3. The van der Waals surface area contributed by atoms with E-state index in [1.807, 2.05) is 0 Å². The van der Waals surface area contributed by atoms with Crippen LogP contribution < -0.4 is 5.32 Å². The van der Waals surface area contributed by atoms with Gasteiger partial charge in [0.2, 0.25) is 0 Å². The lowest BCUT2D eigenvalue weighted by Gasteiger charge is -2.28. The summed E-state index contributed by atoms with van der Waals surface area (Å²) in [5.41, 5.74) is 0. The number of nitrogens with one attached hydrogen (secondary N) is 1. The molecule has 0 aromatic rings. The Morgan fingerprint density at radius 2 is 1.40 bits per heavy atom. The fourth-order valence-corrected chi connectivity index (χ4v) is 0.895. The van der Waals surface area contributed by atoms with Crippen molar-refractivity contribution in [2.45, 2.75) is 30.6 Å². The zero-order valence-corrected chi connectivity index (χ0v) is 9.90. The average molecular weight is 292 g/mol. The van der Waals surface area contributed by atoms with Crippen LogP contribution >= 0.6 is 17.0 Å². The number of aliphatic hydroxyl groups is 6. The van der Waals surface area contributed by atoms with E-state index in [-0.39, 0.29) is 17.0 Å². The normalized spacial score (nSPS) is 21.0. The molecule has 0 aromatic carbocycles. The monoisotopic (exact) mass is 291 g/mol. The van der Waals surface area contributed by atoms with Crippen LogP contribution in [-0.4, -0.2) is 74.9 Å². The number of hydrogen-bond acceptors (Lipinski definition) is 7. The molecule has 0 saturated heterocycles. The van der Waals surface area contributed by atoms with E-state index in [0.717, 1.165) is 0 Å². The molecule has 5 atom stereocenters. The molecule has 1 unspecified atom stereocenters. The average Bonchev–Trinajstić information content (AvgIpc) is 2.23. The second-order valence-electron chi connectivity index (χ2n) is 2.96. The summed E-state index contributed by atoms with van der Waals surface area (Å²) < 4.78 is 0. The summed E-state index contributed by atoms with van der Waals surface area (Å²) in [5, 5.41) is 56.2. The van der Waals surface area contributed by atoms with Crippen LogP contribution in [0.4, 0.5) is 0 Å². The molecular weight excluding hydrogens is 274 g/mol. The second kappa shape index (κ2) is 8.36. The van der Waals surface area contributed by atoms with Crippen molar-refractivity contribution in [3.63, 3.8) is 0 Å². The predicted octanol–water partition coefficient (Wildman–Crippen LogP) is -3.46. The molecule has 0 bridgehead atoms. The number of aliphatic hydroxyl groups excluding tert-OH is 6. The van der Waals surface area contributed by atoms with Crippen molar-refractivity contribution in [3.05, 3.63) is 0 Å². The summed E-state index contributed by atoms with van der Waals surface area (Å²) in [5.74, 6) is 0. The topological polar surface area (TPSA) is 133 Å². The van der Waals surface area contributed by atoms with Crippen molar-refractivity contribution >= 4 is 17.0 Å². The molecule has 7 N–H and O–H groups in total. The smallest absolute Gasteiger partial charge is 0.133 e. The largest absolute Gasteiger partial charge is 0.394 e. The molecule has 0 aliphatic heterocycles. The van der Waals surface area contributed by atoms with Crippen molar-refractivity contribution in [3.8, 4) is 0 Å². The Hall–Kier alpha value is 0.200. The Kier molecular flexibility index (Phi) is 9.81. The van der Waals surface area contributed by atoms with Crippen LogP contribution in [0.15, 0.2) is 0 Å². The molecule has 0 rings (SSSR count). The molecule has 0 saturated carbocycles. The second-order valence-corrected chi connectivity index (χ2v) is 2.96. The number of likely N-dealkylation sites (N-methyl/N-ethyl adjacent to an activating group) is 1. The van der Waals surface area contributed by atoms with Gasteiger partial charge in [0.15, 0.2) is 0 Å². The predicted molar refractivity (Wildman–Crippen MR) is 56.5 cm³/mol. The van der Waals surface area contributed by atoms with Crippen LogP contribution in [0.2, 0.25) is 0 Å². The summed E-state index contributed by atoms with van der Waals surface area (Å²) >= 11 is 0. The number of halogens is 1. The van der Waals surface area contributed by atoms with Crippen LogP contribution in [0, 0.1) is 0 Å². The lowest BCUT2D eigenvalue weighted by atomic mass is 10.0. The van der Waals surface area contributed by atoms with E-state index < -0.39 is 37.3 Å². The molecule has 0 aliphatic carbocycles. The molecule has 0 radical (unpaired) electrons. The number of rotatable bonds is 6. The molecule has 7 nitrogen and oxygen atoms in total. The highest BCUT2D eigenvalue weighted by Gasteiger charge is 2.33. The van der Waals surface area contributed by atoms with Crippen LogP contribution in [0.5, 0.6) is 0 Å². The maximum absolute atomic E-state index is 9.22. The van der Waals surface area contributed by atoms with E-state index in [2.05, 4.69) is 5.32 Å². The van der Waals surface area contributed by atoms with E-state index >= 15 is 0 Å². The first-order valence-electron chi connectivity index (χ1n) is 4.14. The summed E-state index contributed by atoms with van der Waals surface area (Å²) in [4.78, 5) is 0. The van der Waals surface area contributed by atoms with Gasteiger partial charge >= 0.3 is 0 Å². The van der Waals surface area contributed by atoms with Crippen molar-refractivity contribution in [2.75, 3.05) is 13.7 Å². The fraction of sp³-hybridized carbons (Fsp3) is 1.00. The van der Waals surface area contributed by atoms with Gasteiger partial charge in [-0.1, -0.05) is 0 Å². The third-order valence-electron chi connectivity index (χ3n) is 1.90. The fourth-order valence-electron chi connectivity index (χ4n) is 0.895.